The van der Waals surface area contributed by atoms with E-state index in [4.69, 9.17) is 5.73 Å². The van der Waals surface area contributed by atoms with Crippen LogP contribution in [0.1, 0.15) is 6.92 Å². The van der Waals surface area contributed by atoms with Crippen molar-refractivity contribution in [3.8, 4) is 0 Å². The topological polar surface area (TPSA) is 38.0 Å². The van der Waals surface area contributed by atoms with Crippen LogP contribution in [-0.2, 0) is 0 Å². The number of hydrogen-bond donors (Lipinski definition) is 2. The molecule has 0 unspecified atom stereocenters. The number of nitrogens with one attached hydrogen (secondary N) is 1. The average Bonchev–Trinajstić information content (AvgIpc) is 1.83. The van der Waals surface area contributed by atoms with Crippen molar-refractivity contribution in [3.05, 3.63) is 24.0 Å². The Labute approximate surface area is 50.1 Å². The van der Waals surface area contributed by atoms with Gasteiger partial charge in [-0.15, -0.1) is 0 Å². The maximum Gasteiger partial charge on any atom is 0.00277 e. The van der Waals surface area contributed by atoms with Crippen molar-refractivity contribution in [2.75, 3.05) is 7.05 Å². The zero-order chi connectivity index (χ0) is 6.41. The molecular formula is C6H12N2. The molecule has 0 aliphatic carbocycles. The number of hydrogen-bond acceptors (Lipinski definition) is 2. The fourth-order valence-corrected chi connectivity index (χ4v) is 0.270. The summed E-state index contributed by atoms with van der Waals surface area (Å²) < 4.78 is 0. The van der Waals surface area contributed by atoms with Crippen molar-refractivity contribution >= 4 is 0 Å². The number of rotatable bonds is 2. The van der Waals surface area contributed by atoms with Crippen LogP contribution in [0.4, 0.5) is 0 Å². The van der Waals surface area contributed by atoms with Crippen molar-refractivity contribution in [2.45, 2.75) is 6.92 Å². The molecule has 2 nitrogen and oxygen atoms in total. The van der Waals surface area contributed by atoms with Crippen LogP contribution in [0.3, 0.4) is 0 Å². The molecule has 0 bridgehead atoms. The van der Waals surface area contributed by atoms with Gasteiger partial charge in [0.2, 0.25) is 0 Å². The Kier molecular flexibility index (Phi) is 3.76. The molecule has 0 heterocycles. The zero-order valence-electron chi connectivity index (χ0n) is 5.31. The molecule has 46 valence electrons. The largest absolute Gasteiger partial charge is 0.404 e. The molecule has 3 N–H and O–H groups in total. The third-order valence-electron chi connectivity index (χ3n) is 0.776. The van der Waals surface area contributed by atoms with E-state index in [0.29, 0.717) is 0 Å². The Morgan fingerprint density at radius 2 is 2.25 bits per heavy atom. The maximum absolute atomic E-state index is 5.17. The van der Waals surface area contributed by atoms with Crippen molar-refractivity contribution < 1.29 is 0 Å². The molecule has 0 aromatic heterocycles. The Hall–Kier alpha value is -0.920. The van der Waals surface area contributed by atoms with Gasteiger partial charge in [-0.1, -0.05) is 0 Å². The van der Waals surface area contributed by atoms with E-state index >= 15 is 0 Å². The second-order valence-electron chi connectivity index (χ2n) is 1.53. The molecule has 2 heteroatoms. The van der Waals surface area contributed by atoms with Gasteiger partial charge in [0.25, 0.3) is 0 Å². The Morgan fingerprint density at radius 1 is 1.62 bits per heavy atom. The van der Waals surface area contributed by atoms with Crippen LogP contribution < -0.4 is 11.1 Å². The first kappa shape index (κ1) is 7.08. The zero-order valence-corrected chi connectivity index (χ0v) is 5.31. The van der Waals surface area contributed by atoms with Crippen molar-refractivity contribution in [1.29, 1.82) is 0 Å². The molecule has 0 aromatic carbocycles. The molecule has 0 saturated carbocycles. The lowest BCUT2D eigenvalue weighted by molar-refractivity contribution is 1.10. The lowest BCUT2D eigenvalue weighted by atomic mass is 10.3. The van der Waals surface area contributed by atoms with Crippen molar-refractivity contribution in [2.24, 2.45) is 5.73 Å². The lowest BCUT2D eigenvalue weighted by Gasteiger charge is -1.86. The van der Waals surface area contributed by atoms with Crippen LogP contribution in [-0.4, -0.2) is 7.05 Å². The van der Waals surface area contributed by atoms with Gasteiger partial charge in [-0.25, -0.2) is 0 Å². The van der Waals surface area contributed by atoms with Gasteiger partial charge in [0, 0.05) is 7.05 Å². The summed E-state index contributed by atoms with van der Waals surface area (Å²) in [6, 6.07) is 0. The van der Waals surface area contributed by atoms with Crippen LogP contribution in [0.15, 0.2) is 24.0 Å². The predicted molar refractivity (Wildman–Crippen MR) is 36.1 cm³/mol. The molecule has 8 heavy (non-hydrogen) atoms. The van der Waals surface area contributed by atoms with E-state index in [0.717, 1.165) is 5.57 Å². The molecule has 0 aromatic rings. The monoisotopic (exact) mass is 112 g/mol. The van der Waals surface area contributed by atoms with Gasteiger partial charge >= 0.3 is 0 Å². The average molecular weight is 112 g/mol. The molecular weight excluding hydrogens is 100 g/mol. The van der Waals surface area contributed by atoms with E-state index in [1.54, 1.807) is 6.20 Å². The van der Waals surface area contributed by atoms with E-state index in [-0.39, 0.29) is 0 Å². The Bertz CT molecular complexity index is 103. The molecule has 0 aliphatic heterocycles. The molecule has 0 amide bonds. The fourth-order valence-electron chi connectivity index (χ4n) is 0.270. The van der Waals surface area contributed by atoms with Crippen molar-refractivity contribution in [3.63, 3.8) is 0 Å². The smallest absolute Gasteiger partial charge is 0.00277 e. The third-order valence-corrected chi connectivity index (χ3v) is 0.776. The summed E-state index contributed by atoms with van der Waals surface area (Å²) in [5.41, 5.74) is 6.23. The normalized spacial score (nSPS) is 12.5. The first-order valence-corrected chi connectivity index (χ1v) is 2.53. The molecule has 0 aliphatic rings. The van der Waals surface area contributed by atoms with Crippen LogP contribution >= 0.6 is 0 Å². The van der Waals surface area contributed by atoms with E-state index in [2.05, 4.69) is 5.32 Å². The van der Waals surface area contributed by atoms with E-state index in [1.807, 2.05) is 26.2 Å². The molecule has 0 spiro atoms. The molecule has 0 radical (unpaired) electrons. The summed E-state index contributed by atoms with van der Waals surface area (Å²) in [5.74, 6) is 0. The van der Waals surface area contributed by atoms with Crippen LogP contribution in [0.2, 0.25) is 0 Å². The highest BCUT2D eigenvalue weighted by Crippen LogP contribution is 1.87. The van der Waals surface area contributed by atoms with Gasteiger partial charge < -0.3 is 11.1 Å². The molecule has 0 saturated heterocycles. The Morgan fingerprint density at radius 3 is 2.62 bits per heavy atom. The first-order chi connectivity index (χ1) is 3.81. The van der Waals surface area contributed by atoms with Gasteiger partial charge in [-0.3, -0.25) is 0 Å². The second kappa shape index (κ2) is 4.24. The minimum atomic E-state index is 1.05. The minimum absolute atomic E-state index is 1.05. The number of nitrogens with two attached hydrogens (primary N) is 1. The highest BCUT2D eigenvalue weighted by Gasteiger charge is 1.72. The van der Waals surface area contributed by atoms with Gasteiger partial charge in [0.1, 0.15) is 0 Å². The number of allylic oxidation sites excluding steroid dienone is 2. The van der Waals surface area contributed by atoms with Gasteiger partial charge in [0.05, 0.1) is 0 Å². The molecule has 0 atom stereocenters. The maximum atomic E-state index is 5.17. The van der Waals surface area contributed by atoms with Crippen LogP contribution in [0.25, 0.3) is 0 Å². The second-order valence-corrected chi connectivity index (χ2v) is 1.53. The highest BCUT2D eigenvalue weighted by molar-refractivity contribution is 5.13. The SMILES string of the molecule is CN/C=C\C(C)=C/N. The standard InChI is InChI=1S/C6H12N2/c1-6(5-7)3-4-8-2/h3-5,8H,7H2,1-2H3/b4-3-,6-5-. The van der Waals surface area contributed by atoms with Crippen LogP contribution in [0.5, 0.6) is 0 Å². The quantitative estimate of drug-likeness (QED) is 0.513. The minimum Gasteiger partial charge on any atom is -0.404 e. The summed E-state index contributed by atoms with van der Waals surface area (Å²) in [7, 11) is 1.85. The summed E-state index contributed by atoms with van der Waals surface area (Å²) >= 11 is 0. The summed E-state index contributed by atoms with van der Waals surface area (Å²) in [6.45, 7) is 1.94. The highest BCUT2D eigenvalue weighted by atomic mass is 14.8. The summed E-state index contributed by atoms with van der Waals surface area (Å²) in [4.78, 5) is 0. The van der Waals surface area contributed by atoms with E-state index in [1.165, 1.54) is 0 Å². The first-order valence-electron chi connectivity index (χ1n) is 2.53. The summed E-state index contributed by atoms with van der Waals surface area (Å²) in [5, 5.41) is 2.86. The molecule has 0 rings (SSSR count). The lowest BCUT2D eigenvalue weighted by Crippen LogP contribution is -1.91. The van der Waals surface area contributed by atoms with Gasteiger partial charge in [-0.2, -0.15) is 0 Å². The van der Waals surface area contributed by atoms with Crippen LogP contribution in [0, 0.1) is 0 Å². The summed E-state index contributed by atoms with van der Waals surface area (Å²) in [6.07, 6.45) is 5.30. The van der Waals surface area contributed by atoms with E-state index in [9.17, 15) is 0 Å². The van der Waals surface area contributed by atoms with Gasteiger partial charge in [0.15, 0.2) is 0 Å². The molecule has 0 fully saturated rings. The van der Waals surface area contributed by atoms with Crippen molar-refractivity contribution in [1.82, 2.24) is 5.32 Å². The van der Waals surface area contributed by atoms with E-state index < -0.39 is 0 Å². The third kappa shape index (κ3) is 3.28. The fraction of sp³-hybridized carbons (Fsp3) is 0.333. The Balaban J connectivity index is 3.53. The predicted octanol–water partition coefficient (Wildman–Crippen LogP) is 0.582. The van der Waals surface area contributed by atoms with Gasteiger partial charge in [-0.05, 0) is 31.0 Å².